The number of nitrogens with zero attached hydrogens (tertiary/aromatic N) is 1. The van der Waals surface area contributed by atoms with E-state index in [1.54, 1.807) is 5.32 Å². The third-order valence-corrected chi connectivity index (χ3v) is 7.51. The van der Waals surface area contributed by atoms with Gasteiger partial charge < -0.3 is 35.5 Å². The predicted molar refractivity (Wildman–Crippen MR) is 162 cm³/mol. The Morgan fingerprint density at radius 1 is 1.02 bits per heavy atom. The van der Waals surface area contributed by atoms with Crippen molar-refractivity contribution in [3.63, 3.8) is 0 Å². The molecule has 49 heavy (non-hydrogen) atoms. The average molecular weight is 698 g/mol. The number of halogens is 6. The Bertz CT molecular complexity index is 1590. The van der Waals surface area contributed by atoms with Crippen molar-refractivity contribution in [2.24, 2.45) is 0 Å². The average Bonchev–Trinajstić information content (AvgIpc) is 3.06. The van der Waals surface area contributed by atoms with Crippen LogP contribution in [0.2, 0.25) is 0 Å². The number of hydrogen-bond donors (Lipinski definition) is 4. The Balaban J connectivity index is 1.45. The lowest BCUT2D eigenvalue weighted by atomic mass is 9.84. The molecule has 0 spiro atoms. The fourth-order valence-electron chi connectivity index (χ4n) is 5.13. The van der Waals surface area contributed by atoms with Crippen LogP contribution in [0.4, 0.5) is 41.6 Å². The van der Waals surface area contributed by atoms with Crippen molar-refractivity contribution >= 4 is 23.8 Å². The van der Waals surface area contributed by atoms with E-state index in [2.05, 4.69) is 20.9 Å². The highest BCUT2D eigenvalue weighted by Gasteiger charge is 2.34. The molecule has 0 radical (unpaired) electrons. The van der Waals surface area contributed by atoms with Crippen LogP contribution in [0.25, 0.3) is 0 Å². The summed E-state index contributed by atoms with van der Waals surface area (Å²) in [5.74, 6) is -3.81. The van der Waals surface area contributed by atoms with Crippen molar-refractivity contribution < 1.29 is 54.9 Å². The largest absolute Gasteiger partial charge is 0.453 e. The summed E-state index contributed by atoms with van der Waals surface area (Å²) < 4.78 is 95.3. The first kappa shape index (κ1) is 36.9. The summed E-state index contributed by atoms with van der Waals surface area (Å²) in [7, 11) is 1.08. The van der Waals surface area contributed by atoms with Gasteiger partial charge in [-0.1, -0.05) is 24.3 Å². The summed E-state index contributed by atoms with van der Waals surface area (Å²) in [5, 5.41) is 9.71. The van der Waals surface area contributed by atoms with Gasteiger partial charge in [-0.15, -0.1) is 0 Å². The molecule has 1 saturated heterocycles. The van der Waals surface area contributed by atoms with Crippen LogP contribution in [0.15, 0.2) is 60.9 Å². The zero-order valence-electron chi connectivity index (χ0n) is 26.0. The highest BCUT2D eigenvalue weighted by Crippen LogP contribution is 2.31. The van der Waals surface area contributed by atoms with Gasteiger partial charge in [0.2, 0.25) is 5.91 Å². The minimum atomic E-state index is -4.58. The summed E-state index contributed by atoms with van der Waals surface area (Å²) in [6.07, 6.45) is -4.76. The number of nitrogens with one attached hydrogen (secondary N) is 4. The monoisotopic (exact) mass is 697 g/mol. The molecule has 2 aromatic carbocycles. The fourth-order valence-corrected chi connectivity index (χ4v) is 5.13. The van der Waals surface area contributed by atoms with Crippen LogP contribution in [0.1, 0.15) is 29.0 Å². The minimum Gasteiger partial charge on any atom is -0.453 e. The number of carbonyl (C=O) groups is 3. The Morgan fingerprint density at radius 3 is 2.43 bits per heavy atom. The van der Waals surface area contributed by atoms with E-state index in [1.807, 2.05) is 0 Å². The highest BCUT2D eigenvalue weighted by atomic mass is 19.4. The Labute approximate surface area is 276 Å². The smallest absolute Gasteiger partial charge is 0.407 e. The zero-order valence-corrected chi connectivity index (χ0v) is 26.0. The molecule has 0 aliphatic carbocycles. The topological polar surface area (TPSA) is 140 Å². The molecular weight excluding hydrogens is 664 g/mol. The number of anilines is 1. The molecule has 4 N–H and O–H groups in total. The predicted octanol–water partition coefficient (Wildman–Crippen LogP) is 4.57. The number of ether oxygens (including phenoxy) is 3. The lowest BCUT2D eigenvalue weighted by Gasteiger charge is -2.30. The Hall–Kier alpha value is -4.90. The van der Waals surface area contributed by atoms with Crippen molar-refractivity contribution in [2.45, 2.75) is 43.1 Å². The van der Waals surface area contributed by atoms with E-state index in [4.69, 9.17) is 14.2 Å². The standard InChI is InChI=1S/C32H33F6N5O6/c1-47-31(46)43-28(27(18-5-7-20(33)8-6-18)19-3-2-4-21(34)11-19)29(44)42-26-14-39-13-25(35)24(26)10-9-23-12-40-22(15-48-23)16-49-30(45)41-17-32(36,37)38/h2-8,11,13-14,22-23,27-28,40H,9-10,12,15-17H2,1H3,(H,41,45)(H,42,44)(H,43,46)/t22-,23+,27?,28-/m0/s1. The first-order valence-electron chi connectivity index (χ1n) is 14.9. The van der Waals surface area contributed by atoms with Gasteiger partial charge in [-0.3, -0.25) is 9.78 Å². The van der Waals surface area contributed by atoms with Crippen LogP contribution in [-0.4, -0.2) is 80.9 Å². The number of hydrogen-bond acceptors (Lipinski definition) is 8. The van der Waals surface area contributed by atoms with Gasteiger partial charge >= 0.3 is 18.4 Å². The first-order chi connectivity index (χ1) is 23.3. The molecule has 1 aliphatic rings. The molecule has 0 bridgehead atoms. The van der Waals surface area contributed by atoms with Crippen molar-refractivity contribution in [3.8, 4) is 0 Å². The molecule has 11 nitrogen and oxygen atoms in total. The quantitative estimate of drug-likeness (QED) is 0.202. The number of pyridine rings is 1. The summed E-state index contributed by atoms with van der Waals surface area (Å²) in [4.78, 5) is 41.6. The van der Waals surface area contributed by atoms with Crippen LogP contribution in [-0.2, 0) is 25.4 Å². The third kappa shape index (κ3) is 11.1. The maximum Gasteiger partial charge on any atom is 0.407 e. The molecule has 3 amide bonds. The van der Waals surface area contributed by atoms with Crippen LogP contribution in [0.5, 0.6) is 0 Å². The lowest BCUT2D eigenvalue weighted by Crippen LogP contribution is -2.49. The molecule has 1 fully saturated rings. The molecule has 1 aromatic heterocycles. The minimum absolute atomic E-state index is 0.0151. The SMILES string of the molecule is COC(=O)N[C@H](C(=O)Nc1cncc(F)c1CC[C@@H]1CN[C@H](COC(=O)NCC(F)(F)F)CO1)C(c1ccc(F)cc1)c1cccc(F)c1. The lowest BCUT2D eigenvalue weighted by molar-refractivity contribution is -0.124. The molecule has 3 aromatic rings. The van der Waals surface area contributed by atoms with Crippen LogP contribution >= 0.6 is 0 Å². The fraction of sp³-hybridized carbons (Fsp3) is 0.375. The number of alkyl carbamates (subject to hydrolysis) is 2. The molecule has 17 heteroatoms. The molecule has 4 rings (SSSR count). The molecule has 0 saturated carbocycles. The number of amides is 3. The number of benzene rings is 2. The summed E-state index contributed by atoms with van der Waals surface area (Å²) in [5.41, 5.74) is 0.681. The van der Waals surface area contributed by atoms with Gasteiger partial charge in [0.1, 0.15) is 36.6 Å². The van der Waals surface area contributed by atoms with Gasteiger partial charge in [0, 0.05) is 18.0 Å². The van der Waals surface area contributed by atoms with E-state index < -0.39 is 72.4 Å². The zero-order chi connectivity index (χ0) is 35.6. The normalized spacial score (nSPS) is 17.4. The molecule has 1 unspecified atom stereocenters. The van der Waals surface area contributed by atoms with Crippen molar-refractivity contribution in [3.05, 3.63) is 95.1 Å². The van der Waals surface area contributed by atoms with Crippen LogP contribution in [0.3, 0.4) is 0 Å². The van der Waals surface area contributed by atoms with E-state index in [9.17, 15) is 36.3 Å². The number of carbonyl (C=O) groups excluding carboxylic acids is 3. The maximum absolute atomic E-state index is 15.1. The summed E-state index contributed by atoms with van der Waals surface area (Å²) >= 11 is 0. The molecular formula is C32H33F6N5O6. The van der Waals surface area contributed by atoms with Crippen molar-refractivity contribution in [1.82, 2.24) is 20.9 Å². The second-order valence-corrected chi connectivity index (χ2v) is 11.0. The second kappa shape index (κ2) is 17.0. The van der Waals surface area contributed by atoms with Crippen LogP contribution in [0, 0.1) is 17.5 Å². The molecule has 1 aliphatic heterocycles. The molecule has 4 atom stereocenters. The van der Waals surface area contributed by atoms with Crippen molar-refractivity contribution in [1.29, 1.82) is 0 Å². The van der Waals surface area contributed by atoms with Gasteiger partial charge in [-0.25, -0.2) is 22.8 Å². The van der Waals surface area contributed by atoms with E-state index >= 15 is 4.39 Å². The number of alkyl halides is 3. The van der Waals surface area contributed by atoms with Crippen LogP contribution < -0.4 is 21.3 Å². The number of morpholine rings is 1. The van der Waals surface area contributed by atoms with E-state index in [0.29, 0.717) is 5.56 Å². The summed E-state index contributed by atoms with van der Waals surface area (Å²) in [6, 6.07) is 8.42. The first-order valence-corrected chi connectivity index (χ1v) is 14.9. The van der Waals surface area contributed by atoms with E-state index in [-0.39, 0.29) is 49.4 Å². The number of rotatable bonds is 12. The van der Waals surface area contributed by atoms with Crippen molar-refractivity contribution in [2.75, 3.05) is 38.7 Å². The Morgan fingerprint density at radius 2 is 1.78 bits per heavy atom. The number of aromatic nitrogens is 1. The second-order valence-electron chi connectivity index (χ2n) is 11.0. The highest BCUT2D eigenvalue weighted by molar-refractivity contribution is 5.98. The third-order valence-electron chi connectivity index (χ3n) is 7.51. The summed E-state index contributed by atoms with van der Waals surface area (Å²) in [6.45, 7) is -1.49. The molecule has 264 valence electrons. The van der Waals surface area contributed by atoms with Gasteiger partial charge in [0.05, 0.1) is 43.9 Å². The van der Waals surface area contributed by atoms with E-state index in [0.717, 1.165) is 25.4 Å². The number of methoxy groups -OCH3 is 1. The van der Waals surface area contributed by atoms with Gasteiger partial charge in [0.15, 0.2) is 0 Å². The van der Waals surface area contributed by atoms with E-state index in [1.165, 1.54) is 42.6 Å². The van der Waals surface area contributed by atoms with Gasteiger partial charge in [0.25, 0.3) is 0 Å². The maximum atomic E-state index is 15.1. The van der Waals surface area contributed by atoms with Gasteiger partial charge in [-0.2, -0.15) is 13.2 Å². The van der Waals surface area contributed by atoms with Gasteiger partial charge in [-0.05, 0) is 48.2 Å². The Kier molecular flexibility index (Phi) is 12.8. The molecule has 2 heterocycles.